The maximum atomic E-state index is 14.1. The van der Waals surface area contributed by atoms with Crippen molar-refractivity contribution < 1.29 is 14.3 Å². The van der Waals surface area contributed by atoms with Crippen molar-refractivity contribution in [1.29, 1.82) is 0 Å². The van der Waals surface area contributed by atoms with Gasteiger partial charge in [-0.15, -0.1) is 0 Å². The molecule has 1 atom stereocenters. The number of carbonyl (C=O) groups excluding carboxylic acids is 1. The molecule has 0 aromatic heterocycles. The average molecular weight is 264 g/mol. The van der Waals surface area contributed by atoms with Gasteiger partial charge in [0.15, 0.2) is 6.10 Å². The Hall–Kier alpha value is -1.62. The van der Waals surface area contributed by atoms with Crippen molar-refractivity contribution in [3.8, 4) is 0 Å². The average Bonchev–Trinajstić information content (AvgIpc) is 2.66. The van der Waals surface area contributed by atoms with Crippen LogP contribution in [0.15, 0.2) is 12.1 Å². The molecule has 1 unspecified atom stereocenters. The van der Waals surface area contributed by atoms with Crippen LogP contribution in [0.3, 0.4) is 0 Å². The second kappa shape index (κ2) is 4.49. The molecule has 0 aliphatic carbocycles. The summed E-state index contributed by atoms with van der Waals surface area (Å²) in [7, 11) is 0. The normalized spacial score (nSPS) is 23.4. The van der Waals surface area contributed by atoms with E-state index in [0.29, 0.717) is 22.9 Å². The second-order valence-corrected chi connectivity index (χ2v) is 5.45. The van der Waals surface area contributed by atoms with Crippen LogP contribution in [-0.4, -0.2) is 24.1 Å². The number of anilines is 2. The number of aliphatic hydroxyl groups is 1. The molecule has 2 aliphatic rings. The summed E-state index contributed by atoms with van der Waals surface area (Å²) in [6, 6.07) is 2.90. The number of nitrogens with zero attached hydrogens (tertiary/aromatic N) is 1. The highest BCUT2D eigenvalue weighted by molar-refractivity contribution is 6.02. The van der Waals surface area contributed by atoms with Gasteiger partial charge in [0.2, 0.25) is 0 Å². The van der Waals surface area contributed by atoms with Crippen LogP contribution in [0.2, 0.25) is 0 Å². The summed E-state index contributed by atoms with van der Waals surface area (Å²) in [5, 5.41) is 12.2. The standard InChI is InChI=1S/C14H17FN2O2/c1-8-2-4-17(5-3-8)12-7-11-9(6-10(12)15)13(18)14(19)16-11/h6-8,13,18H,2-5H2,1H3,(H,16,19). The number of amides is 1. The summed E-state index contributed by atoms with van der Waals surface area (Å²) in [5.74, 6) is -0.182. The number of halogens is 1. The van der Waals surface area contributed by atoms with E-state index < -0.39 is 12.0 Å². The third-order valence-electron chi connectivity index (χ3n) is 4.04. The van der Waals surface area contributed by atoms with Gasteiger partial charge in [-0.3, -0.25) is 4.79 Å². The smallest absolute Gasteiger partial charge is 0.257 e. The third-order valence-corrected chi connectivity index (χ3v) is 4.04. The first kappa shape index (κ1) is 12.4. The number of carbonyl (C=O) groups is 1. The molecule has 2 heterocycles. The predicted octanol–water partition coefficient (Wildman–Crippen LogP) is 2.05. The Morgan fingerprint density at radius 3 is 2.74 bits per heavy atom. The van der Waals surface area contributed by atoms with Crippen molar-refractivity contribution in [3.05, 3.63) is 23.5 Å². The van der Waals surface area contributed by atoms with Gasteiger partial charge in [0.25, 0.3) is 5.91 Å². The van der Waals surface area contributed by atoms with Crippen molar-refractivity contribution in [2.75, 3.05) is 23.3 Å². The Labute approximate surface area is 111 Å². The first-order valence-electron chi connectivity index (χ1n) is 6.63. The Kier molecular flexibility index (Phi) is 2.93. The van der Waals surface area contributed by atoms with Crippen molar-refractivity contribution in [3.63, 3.8) is 0 Å². The van der Waals surface area contributed by atoms with Crippen LogP contribution in [0, 0.1) is 11.7 Å². The van der Waals surface area contributed by atoms with Crippen LogP contribution >= 0.6 is 0 Å². The van der Waals surface area contributed by atoms with E-state index in [1.165, 1.54) is 6.07 Å². The van der Waals surface area contributed by atoms with Crippen LogP contribution in [0.25, 0.3) is 0 Å². The third kappa shape index (κ3) is 2.08. The van der Waals surface area contributed by atoms with Crippen molar-refractivity contribution in [2.24, 2.45) is 5.92 Å². The van der Waals surface area contributed by atoms with Gasteiger partial charge in [-0.05, 0) is 30.9 Å². The first-order chi connectivity index (χ1) is 9.06. The lowest BCUT2D eigenvalue weighted by atomic mass is 9.98. The number of piperidine rings is 1. The molecule has 3 rings (SSSR count). The summed E-state index contributed by atoms with van der Waals surface area (Å²) in [4.78, 5) is 13.4. The van der Waals surface area contributed by atoms with Crippen molar-refractivity contribution in [1.82, 2.24) is 0 Å². The molecular weight excluding hydrogens is 247 g/mol. The first-order valence-corrected chi connectivity index (χ1v) is 6.63. The number of aliphatic hydroxyl groups excluding tert-OH is 1. The molecule has 1 aromatic carbocycles. The molecular formula is C14H17FN2O2. The zero-order valence-electron chi connectivity index (χ0n) is 10.8. The zero-order chi connectivity index (χ0) is 13.6. The highest BCUT2D eigenvalue weighted by Gasteiger charge is 2.31. The molecule has 0 spiro atoms. The summed E-state index contributed by atoms with van der Waals surface area (Å²) < 4.78 is 14.1. The van der Waals surface area contributed by atoms with E-state index in [-0.39, 0.29) is 5.82 Å². The fraction of sp³-hybridized carbons (Fsp3) is 0.500. The minimum absolute atomic E-state index is 0.330. The largest absolute Gasteiger partial charge is 0.378 e. The molecule has 5 heteroatoms. The number of fused-ring (bicyclic) bond motifs is 1. The fourth-order valence-corrected chi connectivity index (χ4v) is 2.75. The molecule has 2 N–H and O–H groups in total. The van der Waals surface area contributed by atoms with E-state index in [4.69, 9.17) is 0 Å². The van der Waals surface area contributed by atoms with Gasteiger partial charge in [-0.25, -0.2) is 4.39 Å². The summed E-state index contributed by atoms with van der Waals surface area (Å²) in [6.45, 7) is 3.85. The highest BCUT2D eigenvalue weighted by atomic mass is 19.1. The van der Waals surface area contributed by atoms with E-state index in [1.807, 2.05) is 4.90 Å². The quantitative estimate of drug-likeness (QED) is 0.816. The maximum absolute atomic E-state index is 14.1. The Morgan fingerprint density at radius 2 is 2.05 bits per heavy atom. The van der Waals surface area contributed by atoms with Gasteiger partial charge in [-0.1, -0.05) is 6.92 Å². The van der Waals surface area contributed by atoms with Crippen LogP contribution in [-0.2, 0) is 4.79 Å². The molecule has 1 fully saturated rings. The van der Waals surface area contributed by atoms with Crippen molar-refractivity contribution in [2.45, 2.75) is 25.9 Å². The summed E-state index contributed by atoms with van der Waals surface area (Å²) in [5.41, 5.74) is 1.36. The minimum Gasteiger partial charge on any atom is -0.378 e. The molecule has 0 saturated carbocycles. The predicted molar refractivity (Wildman–Crippen MR) is 70.6 cm³/mol. The van der Waals surface area contributed by atoms with E-state index in [9.17, 15) is 14.3 Å². The van der Waals surface area contributed by atoms with Gasteiger partial charge in [0.1, 0.15) is 5.82 Å². The van der Waals surface area contributed by atoms with Gasteiger partial charge in [-0.2, -0.15) is 0 Å². The van der Waals surface area contributed by atoms with Gasteiger partial charge < -0.3 is 15.3 Å². The van der Waals surface area contributed by atoms with Crippen LogP contribution < -0.4 is 10.2 Å². The highest BCUT2D eigenvalue weighted by Crippen LogP contribution is 2.36. The van der Waals surface area contributed by atoms with Gasteiger partial charge >= 0.3 is 0 Å². The number of nitrogens with one attached hydrogen (secondary N) is 1. The molecule has 0 bridgehead atoms. The molecule has 2 aliphatic heterocycles. The lowest BCUT2D eigenvalue weighted by Gasteiger charge is -2.32. The minimum atomic E-state index is -1.25. The van der Waals surface area contributed by atoms with E-state index in [2.05, 4.69) is 12.2 Å². The number of hydrogen-bond donors (Lipinski definition) is 2. The lowest BCUT2D eigenvalue weighted by Crippen LogP contribution is -2.33. The SMILES string of the molecule is CC1CCN(c2cc3c(cc2F)C(O)C(=O)N3)CC1. The van der Waals surface area contributed by atoms with Crippen LogP contribution in [0.5, 0.6) is 0 Å². The number of hydrogen-bond acceptors (Lipinski definition) is 3. The lowest BCUT2D eigenvalue weighted by molar-refractivity contribution is -0.123. The Bertz CT molecular complexity index is 524. The maximum Gasteiger partial charge on any atom is 0.257 e. The molecule has 1 saturated heterocycles. The van der Waals surface area contributed by atoms with E-state index >= 15 is 0 Å². The molecule has 102 valence electrons. The summed E-state index contributed by atoms with van der Waals surface area (Å²) in [6.07, 6.45) is 0.844. The monoisotopic (exact) mass is 264 g/mol. The van der Waals surface area contributed by atoms with E-state index in [0.717, 1.165) is 25.9 Å². The van der Waals surface area contributed by atoms with Crippen LogP contribution in [0.1, 0.15) is 31.4 Å². The molecule has 1 aromatic rings. The second-order valence-electron chi connectivity index (χ2n) is 5.45. The summed E-state index contributed by atoms with van der Waals surface area (Å²) >= 11 is 0. The van der Waals surface area contributed by atoms with Crippen molar-refractivity contribution >= 4 is 17.3 Å². The topological polar surface area (TPSA) is 52.6 Å². The number of rotatable bonds is 1. The van der Waals surface area contributed by atoms with Gasteiger partial charge in [0.05, 0.1) is 5.69 Å². The van der Waals surface area contributed by atoms with Crippen LogP contribution in [0.4, 0.5) is 15.8 Å². The molecule has 4 nitrogen and oxygen atoms in total. The molecule has 19 heavy (non-hydrogen) atoms. The fourth-order valence-electron chi connectivity index (χ4n) is 2.75. The Balaban J connectivity index is 1.92. The molecule has 0 radical (unpaired) electrons. The Morgan fingerprint density at radius 1 is 1.37 bits per heavy atom. The van der Waals surface area contributed by atoms with Gasteiger partial charge in [0, 0.05) is 24.3 Å². The zero-order valence-corrected chi connectivity index (χ0v) is 10.8. The number of benzene rings is 1. The molecule has 1 amide bonds. The van der Waals surface area contributed by atoms with E-state index in [1.54, 1.807) is 6.07 Å².